The van der Waals surface area contributed by atoms with Gasteiger partial charge in [0.05, 0.1) is 34.5 Å². The van der Waals surface area contributed by atoms with Gasteiger partial charge in [0.15, 0.2) is 0 Å². The molecule has 2 aromatic heterocycles. The average Bonchev–Trinajstić information content (AvgIpc) is 3.28. The summed E-state index contributed by atoms with van der Waals surface area (Å²) in [6, 6.07) is 11.7. The number of rotatable bonds is 4. The molecule has 0 radical (unpaired) electrons. The van der Waals surface area contributed by atoms with Crippen LogP contribution in [0.5, 0.6) is 0 Å². The van der Waals surface area contributed by atoms with E-state index in [0.717, 1.165) is 33.2 Å². The number of aliphatic hydroxyl groups is 1. The first-order chi connectivity index (χ1) is 14.1. The highest BCUT2D eigenvalue weighted by molar-refractivity contribution is 5.80. The van der Waals surface area contributed by atoms with Crippen LogP contribution in [-0.4, -0.2) is 36.7 Å². The van der Waals surface area contributed by atoms with Crippen molar-refractivity contribution in [1.29, 1.82) is 0 Å². The third kappa shape index (κ3) is 3.18. The van der Waals surface area contributed by atoms with Crippen LogP contribution in [0.25, 0.3) is 28.1 Å². The Balaban J connectivity index is 1.35. The van der Waals surface area contributed by atoms with Crippen LogP contribution >= 0.6 is 0 Å². The summed E-state index contributed by atoms with van der Waals surface area (Å²) >= 11 is 0. The molecule has 1 aliphatic rings. The number of nitrogens with zero attached hydrogens (tertiary/aromatic N) is 2. The summed E-state index contributed by atoms with van der Waals surface area (Å²) in [7, 11) is 0. The maximum absolute atomic E-state index is 12.3. The van der Waals surface area contributed by atoms with Crippen LogP contribution in [0.4, 0.5) is 0 Å². The summed E-state index contributed by atoms with van der Waals surface area (Å²) < 4.78 is 1.73. The fraction of sp³-hybridized carbons (Fsp3) is 0.273. The van der Waals surface area contributed by atoms with E-state index in [0.29, 0.717) is 13.0 Å². The fourth-order valence-electron chi connectivity index (χ4n) is 4.22. The minimum absolute atomic E-state index is 0.0551. The van der Waals surface area contributed by atoms with Crippen molar-refractivity contribution in [3.05, 3.63) is 70.4 Å². The molecular weight excluding hydrogens is 366 g/mol. The van der Waals surface area contributed by atoms with Crippen molar-refractivity contribution in [3.63, 3.8) is 0 Å². The van der Waals surface area contributed by atoms with Gasteiger partial charge in [-0.3, -0.25) is 4.57 Å². The molecule has 0 amide bonds. The molecular formula is C22H23N5O2. The Hall–Kier alpha value is -3.16. The van der Waals surface area contributed by atoms with Gasteiger partial charge < -0.3 is 20.4 Å². The number of H-pyrrole nitrogens is 2. The second kappa shape index (κ2) is 7.02. The molecule has 2 aromatic carbocycles. The predicted molar refractivity (Wildman–Crippen MR) is 114 cm³/mol. The van der Waals surface area contributed by atoms with Gasteiger partial charge in [-0.1, -0.05) is 30.4 Å². The van der Waals surface area contributed by atoms with Crippen LogP contribution in [0.1, 0.15) is 30.6 Å². The quantitative estimate of drug-likeness (QED) is 0.431. The largest absolute Gasteiger partial charge is 0.387 e. The third-order valence-electron chi connectivity index (χ3n) is 5.69. The number of aliphatic hydroxyl groups excluding tert-OH is 1. The molecule has 4 aromatic rings. The van der Waals surface area contributed by atoms with Gasteiger partial charge in [0, 0.05) is 24.2 Å². The highest BCUT2D eigenvalue weighted by atomic mass is 16.3. The lowest BCUT2D eigenvalue weighted by molar-refractivity contribution is 0.122. The van der Waals surface area contributed by atoms with Crippen LogP contribution < -0.4 is 11.0 Å². The molecule has 4 N–H and O–H groups in total. The summed E-state index contributed by atoms with van der Waals surface area (Å²) in [5.41, 5.74) is 5.28. The van der Waals surface area contributed by atoms with E-state index in [-0.39, 0.29) is 17.8 Å². The van der Waals surface area contributed by atoms with Gasteiger partial charge in [0.1, 0.15) is 0 Å². The molecule has 5 rings (SSSR count). The number of imidazole rings is 2. The molecule has 7 nitrogen and oxygen atoms in total. The van der Waals surface area contributed by atoms with Crippen molar-refractivity contribution in [3.8, 4) is 0 Å². The topological polar surface area (TPSA) is 98.7 Å². The number of aromatic amines is 2. The highest BCUT2D eigenvalue weighted by Gasteiger charge is 2.28. The average molecular weight is 389 g/mol. The minimum Gasteiger partial charge on any atom is -0.387 e. The van der Waals surface area contributed by atoms with Gasteiger partial charge in [-0.05, 0) is 37.1 Å². The smallest absolute Gasteiger partial charge is 0.326 e. The Labute approximate surface area is 167 Å². The number of hydrogen-bond acceptors (Lipinski definition) is 4. The van der Waals surface area contributed by atoms with Gasteiger partial charge in [0.25, 0.3) is 0 Å². The number of aromatic nitrogens is 4. The van der Waals surface area contributed by atoms with Crippen LogP contribution in [0.15, 0.2) is 53.6 Å². The second-order valence-corrected chi connectivity index (χ2v) is 7.66. The first-order valence-corrected chi connectivity index (χ1v) is 9.87. The number of nitrogens with one attached hydrogen (secondary N) is 3. The van der Waals surface area contributed by atoms with Gasteiger partial charge >= 0.3 is 5.69 Å². The molecule has 0 spiro atoms. The molecule has 0 saturated carbocycles. The van der Waals surface area contributed by atoms with E-state index in [4.69, 9.17) is 0 Å². The molecule has 0 bridgehead atoms. The molecule has 7 heteroatoms. The maximum atomic E-state index is 12.3. The van der Waals surface area contributed by atoms with Crippen LogP contribution in [0, 0.1) is 0 Å². The predicted octanol–water partition coefficient (Wildman–Crippen LogP) is 2.70. The van der Waals surface area contributed by atoms with Gasteiger partial charge in [0.2, 0.25) is 0 Å². The number of aryl methyl sites for hydroxylation is 1. The second-order valence-electron chi connectivity index (χ2n) is 7.66. The van der Waals surface area contributed by atoms with E-state index in [2.05, 4.69) is 39.3 Å². The van der Waals surface area contributed by atoms with Gasteiger partial charge in [-0.25, -0.2) is 9.78 Å². The van der Waals surface area contributed by atoms with Crippen molar-refractivity contribution >= 4 is 28.1 Å². The summed E-state index contributed by atoms with van der Waals surface area (Å²) in [6.07, 6.45) is 5.82. The molecule has 1 aliphatic heterocycles. The van der Waals surface area contributed by atoms with E-state index >= 15 is 0 Å². The normalized spacial score (nSPS) is 20.5. The minimum atomic E-state index is -0.682. The zero-order valence-corrected chi connectivity index (χ0v) is 16.1. The molecule has 3 heterocycles. The maximum Gasteiger partial charge on any atom is 0.326 e. The summed E-state index contributed by atoms with van der Waals surface area (Å²) in [5.74, 6) is 0. The van der Waals surface area contributed by atoms with Crippen molar-refractivity contribution in [2.75, 3.05) is 0 Å². The number of para-hydroxylation sites is 1. The van der Waals surface area contributed by atoms with Crippen LogP contribution in [0.2, 0.25) is 0 Å². The Kier molecular flexibility index (Phi) is 4.34. The van der Waals surface area contributed by atoms with Crippen molar-refractivity contribution < 1.29 is 5.11 Å². The number of fused-ring (bicyclic) bond motifs is 1. The third-order valence-corrected chi connectivity index (χ3v) is 5.69. The Bertz CT molecular complexity index is 1270. The zero-order chi connectivity index (χ0) is 20.0. The van der Waals surface area contributed by atoms with Crippen LogP contribution in [-0.2, 0) is 6.54 Å². The van der Waals surface area contributed by atoms with Crippen molar-refractivity contribution in [2.45, 2.75) is 38.1 Å². The van der Waals surface area contributed by atoms with E-state index in [9.17, 15) is 9.90 Å². The zero-order valence-electron chi connectivity index (χ0n) is 16.1. The Morgan fingerprint density at radius 2 is 2.21 bits per heavy atom. The summed E-state index contributed by atoms with van der Waals surface area (Å²) in [6.45, 7) is 2.63. The lowest BCUT2D eigenvalue weighted by Gasteiger charge is -2.25. The standard InChI is InChI=1S/C22H23N5O2/c1-13(5-6-14-7-8-16-19(11-14)24-12-23-16)25-18-9-10-27-20-15(21(18)28)3-2-4-17(20)26-22(27)29/h2-8,11-13,18,21,25,28H,9-10H2,1H3,(H,23,24)(H,26,29). The molecule has 3 atom stereocenters. The van der Waals surface area contributed by atoms with Gasteiger partial charge in [-0.2, -0.15) is 0 Å². The van der Waals surface area contributed by atoms with E-state index in [1.807, 2.05) is 36.4 Å². The Morgan fingerprint density at radius 3 is 3.10 bits per heavy atom. The van der Waals surface area contributed by atoms with Crippen molar-refractivity contribution in [2.24, 2.45) is 0 Å². The molecule has 0 fully saturated rings. The van der Waals surface area contributed by atoms with Crippen molar-refractivity contribution in [1.82, 2.24) is 24.8 Å². The van der Waals surface area contributed by atoms with Gasteiger partial charge in [-0.15, -0.1) is 0 Å². The molecule has 0 aliphatic carbocycles. The first-order valence-electron chi connectivity index (χ1n) is 9.87. The van der Waals surface area contributed by atoms with E-state index in [1.165, 1.54) is 0 Å². The SMILES string of the molecule is CC(C=Cc1ccc2[nH]cnc2c1)NC1CCn2c(=O)[nH]c3cccc(c32)C1O. The van der Waals surface area contributed by atoms with E-state index < -0.39 is 6.10 Å². The molecule has 29 heavy (non-hydrogen) atoms. The monoisotopic (exact) mass is 389 g/mol. The summed E-state index contributed by atoms with van der Waals surface area (Å²) in [4.78, 5) is 22.5. The van der Waals surface area contributed by atoms with Crippen LogP contribution in [0.3, 0.4) is 0 Å². The fourth-order valence-corrected chi connectivity index (χ4v) is 4.22. The lowest BCUT2D eigenvalue weighted by atomic mass is 9.99. The highest BCUT2D eigenvalue weighted by Crippen LogP contribution is 2.29. The first kappa shape index (κ1) is 17.9. The lowest BCUT2D eigenvalue weighted by Crippen LogP contribution is -2.40. The Morgan fingerprint density at radius 1 is 1.31 bits per heavy atom. The number of benzene rings is 2. The summed E-state index contributed by atoms with van der Waals surface area (Å²) in [5, 5.41) is 14.5. The molecule has 3 unspecified atom stereocenters. The molecule has 0 saturated heterocycles. The molecule has 148 valence electrons. The van der Waals surface area contributed by atoms with E-state index in [1.54, 1.807) is 10.9 Å². The number of hydrogen-bond donors (Lipinski definition) is 4.